The maximum absolute atomic E-state index is 11.8. The van der Waals surface area contributed by atoms with Gasteiger partial charge in [0.2, 0.25) is 11.8 Å². The minimum Gasteiger partial charge on any atom is -0.467 e. The number of thioether (sulfide) groups is 1. The van der Waals surface area contributed by atoms with Gasteiger partial charge in [-0.25, -0.2) is 0 Å². The van der Waals surface area contributed by atoms with Crippen molar-refractivity contribution in [2.75, 3.05) is 5.75 Å². The molecule has 3 rings (SSSR count). The molecule has 10 heteroatoms. The molecule has 1 aromatic carbocycles. The molecule has 0 aliphatic carbocycles. The van der Waals surface area contributed by atoms with Crippen molar-refractivity contribution in [2.45, 2.75) is 11.8 Å². The largest absolute Gasteiger partial charge is 0.467 e. The summed E-state index contributed by atoms with van der Waals surface area (Å²) in [5.41, 5.74) is 0.540. The number of benzene rings is 1. The van der Waals surface area contributed by atoms with Gasteiger partial charge in [0.15, 0.2) is 0 Å². The number of nitrogens with zero attached hydrogens (tertiary/aromatic N) is 3. The summed E-state index contributed by atoms with van der Waals surface area (Å²) in [4.78, 5) is 21.9. The first kappa shape index (κ1) is 16.7. The van der Waals surface area contributed by atoms with E-state index < -0.39 is 4.92 Å². The summed E-state index contributed by atoms with van der Waals surface area (Å²) in [5.74, 6) is 0.810. The third-order valence-electron chi connectivity index (χ3n) is 3.10. The number of non-ortho nitro benzene ring substituents is 1. The average molecular weight is 360 g/mol. The minimum atomic E-state index is -0.486. The van der Waals surface area contributed by atoms with Gasteiger partial charge in [0.05, 0.1) is 23.5 Å². The zero-order valence-electron chi connectivity index (χ0n) is 12.7. The maximum Gasteiger partial charge on any atom is 0.277 e. The molecule has 0 atom stereocenters. The van der Waals surface area contributed by atoms with Crippen LogP contribution in [-0.4, -0.2) is 26.8 Å². The molecule has 0 fully saturated rings. The maximum atomic E-state index is 11.8. The molecular formula is C15H12N4O5S. The first-order valence-corrected chi connectivity index (χ1v) is 8.10. The molecule has 128 valence electrons. The Morgan fingerprint density at radius 2 is 2.04 bits per heavy atom. The third-order valence-corrected chi connectivity index (χ3v) is 3.92. The Morgan fingerprint density at radius 3 is 2.72 bits per heavy atom. The lowest BCUT2D eigenvalue weighted by Crippen LogP contribution is -2.24. The molecule has 0 saturated carbocycles. The molecule has 0 aliphatic heterocycles. The molecule has 9 nitrogen and oxygen atoms in total. The van der Waals surface area contributed by atoms with Crippen LogP contribution in [0.1, 0.15) is 5.76 Å². The second kappa shape index (κ2) is 7.62. The van der Waals surface area contributed by atoms with Crippen molar-refractivity contribution in [1.82, 2.24) is 15.5 Å². The van der Waals surface area contributed by atoms with Gasteiger partial charge in [-0.1, -0.05) is 11.8 Å². The Morgan fingerprint density at radius 1 is 1.24 bits per heavy atom. The number of furan rings is 1. The van der Waals surface area contributed by atoms with E-state index in [1.54, 1.807) is 12.1 Å². The fraction of sp³-hybridized carbons (Fsp3) is 0.133. The Bertz CT molecular complexity index is 860. The predicted octanol–water partition coefficient (Wildman–Crippen LogP) is 2.65. The van der Waals surface area contributed by atoms with Gasteiger partial charge in [-0.2, -0.15) is 0 Å². The second-order valence-corrected chi connectivity index (χ2v) is 5.75. The molecule has 2 heterocycles. The van der Waals surface area contributed by atoms with Crippen molar-refractivity contribution in [3.63, 3.8) is 0 Å². The van der Waals surface area contributed by atoms with Gasteiger partial charge in [0.25, 0.3) is 10.9 Å². The van der Waals surface area contributed by atoms with Crippen LogP contribution in [0.15, 0.2) is 56.7 Å². The van der Waals surface area contributed by atoms with E-state index in [0.29, 0.717) is 17.9 Å². The molecule has 1 N–H and O–H groups in total. The predicted molar refractivity (Wildman–Crippen MR) is 87.7 cm³/mol. The third kappa shape index (κ3) is 4.44. The van der Waals surface area contributed by atoms with Gasteiger partial charge in [0.1, 0.15) is 5.76 Å². The standard InChI is InChI=1S/C15H12N4O5S/c20-13(16-8-12-2-1-7-23-12)9-25-15-18-17-14(24-15)10-3-5-11(6-4-10)19(21)22/h1-7H,8-9H2,(H,16,20). The highest BCUT2D eigenvalue weighted by atomic mass is 32.2. The number of amides is 1. The van der Waals surface area contributed by atoms with E-state index in [0.717, 1.165) is 11.8 Å². The van der Waals surface area contributed by atoms with E-state index in [2.05, 4.69) is 15.5 Å². The molecule has 0 spiro atoms. The van der Waals surface area contributed by atoms with E-state index in [1.165, 1.54) is 30.5 Å². The highest BCUT2D eigenvalue weighted by molar-refractivity contribution is 7.99. The van der Waals surface area contributed by atoms with Crippen LogP contribution in [-0.2, 0) is 11.3 Å². The molecule has 0 aliphatic rings. The fourth-order valence-electron chi connectivity index (χ4n) is 1.89. The highest BCUT2D eigenvalue weighted by Gasteiger charge is 2.13. The number of rotatable bonds is 7. The molecule has 0 bridgehead atoms. The number of carbonyl (C=O) groups is 1. The first-order chi connectivity index (χ1) is 12.1. The normalized spacial score (nSPS) is 10.6. The Kier molecular flexibility index (Phi) is 5.09. The SMILES string of the molecule is O=C(CSc1nnc(-c2ccc([N+](=O)[O-])cc2)o1)NCc1ccco1. The number of carbonyl (C=O) groups excluding carboxylic acids is 1. The number of hydrogen-bond donors (Lipinski definition) is 1. The van der Waals surface area contributed by atoms with Crippen LogP contribution in [0.25, 0.3) is 11.5 Å². The Hall–Kier alpha value is -3.14. The summed E-state index contributed by atoms with van der Waals surface area (Å²) in [6.45, 7) is 0.310. The van der Waals surface area contributed by atoms with Crippen molar-refractivity contribution < 1.29 is 18.6 Å². The summed E-state index contributed by atoms with van der Waals surface area (Å²) < 4.78 is 10.6. The summed E-state index contributed by atoms with van der Waals surface area (Å²) in [5, 5.41) is 21.3. The number of nitro groups is 1. The van der Waals surface area contributed by atoms with Crippen LogP contribution < -0.4 is 5.32 Å². The van der Waals surface area contributed by atoms with Gasteiger partial charge in [0, 0.05) is 17.7 Å². The molecule has 0 saturated heterocycles. The van der Waals surface area contributed by atoms with Gasteiger partial charge in [-0.15, -0.1) is 10.2 Å². The summed E-state index contributed by atoms with van der Waals surface area (Å²) in [6, 6.07) is 9.27. The quantitative estimate of drug-likeness (QED) is 0.387. The molecule has 0 unspecified atom stereocenters. The van der Waals surface area contributed by atoms with Crippen LogP contribution >= 0.6 is 11.8 Å². The Balaban J connectivity index is 1.52. The van der Waals surface area contributed by atoms with Crippen LogP contribution in [0.5, 0.6) is 0 Å². The molecule has 1 amide bonds. The van der Waals surface area contributed by atoms with Crippen LogP contribution in [0, 0.1) is 10.1 Å². The van der Waals surface area contributed by atoms with Crippen molar-refractivity contribution in [2.24, 2.45) is 0 Å². The van der Waals surface area contributed by atoms with E-state index in [-0.39, 0.29) is 28.5 Å². The highest BCUT2D eigenvalue weighted by Crippen LogP contribution is 2.24. The van der Waals surface area contributed by atoms with Crippen molar-refractivity contribution in [3.8, 4) is 11.5 Å². The van der Waals surface area contributed by atoms with E-state index in [9.17, 15) is 14.9 Å². The van der Waals surface area contributed by atoms with Gasteiger partial charge < -0.3 is 14.2 Å². The molecule has 0 radical (unpaired) electrons. The number of hydrogen-bond acceptors (Lipinski definition) is 8. The van der Waals surface area contributed by atoms with Gasteiger partial charge in [-0.05, 0) is 24.3 Å². The number of nitrogens with one attached hydrogen (secondary N) is 1. The molecular weight excluding hydrogens is 348 g/mol. The summed E-state index contributed by atoms with van der Waals surface area (Å²) in [7, 11) is 0. The van der Waals surface area contributed by atoms with Crippen LogP contribution in [0.4, 0.5) is 5.69 Å². The average Bonchev–Trinajstić information content (AvgIpc) is 3.30. The second-order valence-electron chi connectivity index (χ2n) is 4.82. The van der Waals surface area contributed by atoms with E-state index in [1.807, 2.05) is 0 Å². The van der Waals surface area contributed by atoms with Crippen LogP contribution in [0.3, 0.4) is 0 Å². The fourth-order valence-corrected chi connectivity index (χ4v) is 2.48. The zero-order chi connectivity index (χ0) is 17.6. The first-order valence-electron chi connectivity index (χ1n) is 7.12. The molecule has 25 heavy (non-hydrogen) atoms. The topological polar surface area (TPSA) is 124 Å². The number of nitro benzene ring substituents is 1. The monoisotopic (exact) mass is 360 g/mol. The van der Waals surface area contributed by atoms with E-state index >= 15 is 0 Å². The van der Waals surface area contributed by atoms with Crippen molar-refractivity contribution in [3.05, 3.63) is 58.5 Å². The van der Waals surface area contributed by atoms with Crippen LogP contribution in [0.2, 0.25) is 0 Å². The summed E-state index contributed by atoms with van der Waals surface area (Å²) in [6.07, 6.45) is 1.54. The molecule has 3 aromatic rings. The lowest BCUT2D eigenvalue weighted by molar-refractivity contribution is -0.384. The smallest absolute Gasteiger partial charge is 0.277 e. The van der Waals surface area contributed by atoms with Gasteiger partial charge in [-0.3, -0.25) is 14.9 Å². The number of aromatic nitrogens is 2. The lowest BCUT2D eigenvalue weighted by Gasteiger charge is -2.00. The minimum absolute atomic E-state index is 0.0221. The Labute approximate surface area is 145 Å². The zero-order valence-corrected chi connectivity index (χ0v) is 13.6. The van der Waals surface area contributed by atoms with Crippen molar-refractivity contribution in [1.29, 1.82) is 0 Å². The molecule has 2 aromatic heterocycles. The van der Waals surface area contributed by atoms with Gasteiger partial charge >= 0.3 is 0 Å². The van der Waals surface area contributed by atoms with Crippen molar-refractivity contribution >= 4 is 23.4 Å². The summed E-state index contributed by atoms with van der Waals surface area (Å²) >= 11 is 1.10. The van der Waals surface area contributed by atoms with E-state index in [4.69, 9.17) is 8.83 Å². The lowest BCUT2D eigenvalue weighted by atomic mass is 10.2.